The van der Waals surface area contributed by atoms with Crippen LogP contribution in [-0.2, 0) is 6.18 Å². The molecule has 1 heterocycles. The van der Waals surface area contributed by atoms with Gasteiger partial charge in [0.2, 0.25) is 0 Å². The molecule has 1 aromatic carbocycles. The molecule has 1 saturated heterocycles. The topological polar surface area (TPSA) is 24.1 Å². The summed E-state index contributed by atoms with van der Waals surface area (Å²) < 4.78 is 52.5. The van der Waals surface area contributed by atoms with Gasteiger partial charge in [-0.1, -0.05) is 12.5 Å². The van der Waals surface area contributed by atoms with Gasteiger partial charge in [-0.25, -0.2) is 4.39 Å². The van der Waals surface area contributed by atoms with Crippen LogP contribution in [0.5, 0.6) is 0 Å². The second-order valence-corrected chi connectivity index (χ2v) is 5.45. The molecule has 2 unspecified atom stereocenters. The minimum Gasteiger partial charge on any atom is -0.383 e. The smallest absolute Gasteiger partial charge is 0.383 e. The Morgan fingerprint density at radius 3 is 2.67 bits per heavy atom. The number of benzene rings is 1. The van der Waals surface area contributed by atoms with Crippen molar-refractivity contribution in [2.45, 2.75) is 44.6 Å². The van der Waals surface area contributed by atoms with Gasteiger partial charge in [-0.05, 0) is 44.0 Å². The van der Waals surface area contributed by atoms with E-state index in [0.717, 1.165) is 31.9 Å². The molecule has 6 heteroatoms. The Labute approximate surface area is 121 Å². The lowest BCUT2D eigenvalue weighted by atomic mass is 10.0. The third-order valence-corrected chi connectivity index (χ3v) is 3.76. The van der Waals surface area contributed by atoms with Gasteiger partial charge in [0, 0.05) is 18.3 Å². The van der Waals surface area contributed by atoms with Crippen molar-refractivity contribution in [3.05, 3.63) is 29.3 Å². The summed E-state index contributed by atoms with van der Waals surface area (Å²) in [4.78, 5) is 0. The van der Waals surface area contributed by atoms with E-state index in [1.54, 1.807) is 0 Å². The SMILES string of the molecule is CC(F)c1ccc(NCC2CCCCN2)c(C(F)(F)F)c1. The highest BCUT2D eigenvalue weighted by Gasteiger charge is 2.34. The molecule has 2 N–H and O–H groups in total. The fourth-order valence-electron chi connectivity index (χ4n) is 2.53. The first kappa shape index (κ1) is 16.1. The summed E-state index contributed by atoms with van der Waals surface area (Å²) in [6, 6.07) is 3.79. The fourth-order valence-corrected chi connectivity index (χ4v) is 2.53. The van der Waals surface area contributed by atoms with Gasteiger partial charge in [0.1, 0.15) is 6.17 Å². The Balaban J connectivity index is 2.13. The van der Waals surface area contributed by atoms with Crippen molar-refractivity contribution < 1.29 is 17.6 Å². The molecule has 1 fully saturated rings. The van der Waals surface area contributed by atoms with E-state index in [9.17, 15) is 17.6 Å². The van der Waals surface area contributed by atoms with Gasteiger partial charge in [0.15, 0.2) is 0 Å². The molecule has 118 valence electrons. The standard InChI is InChI=1S/C15H20F4N2/c1-10(16)11-5-6-14(13(8-11)15(17,18)19)21-9-12-4-2-3-7-20-12/h5-6,8,10,12,20-21H,2-4,7,9H2,1H3. The van der Waals surface area contributed by atoms with Gasteiger partial charge in [-0.15, -0.1) is 0 Å². The number of hydrogen-bond donors (Lipinski definition) is 2. The molecular weight excluding hydrogens is 284 g/mol. The van der Waals surface area contributed by atoms with E-state index in [1.165, 1.54) is 19.1 Å². The minimum atomic E-state index is -4.49. The summed E-state index contributed by atoms with van der Waals surface area (Å²) in [5.41, 5.74) is -0.747. The third kappa shape index (κ3) is 4.33. The normalized spacial score (nSPS) is 21.1. The highest BCUT2D eigenvalue weighted by Crippen LogP contribution is 2.37. The van der Waals surface area contributed by atoms with Gasteiger partial charge < -0.3 is 10.6 Å². The second kappa shape index (κ2) is 6.64. The highest BCUT2D eigenvalue weighted by molar-refractivity contribution is 5.54. The van der Waals surface area contributed by atoms with Crippen LogP contribution in [0, 0.1) is 0 Å². The molecule has 2 rings (SSSR count). The number of hydrogen-bond acceptors (Lipinski definition) is 2. The Morgan fingerprint density at radius 2 is 2.10 bits per heavy atom. The zero-order valence-corrected chi connectivity index (χ0v) is 11.9. The van der Waals surface area contributed by atoms with Crippen LogP contribution < -0.4 is 10.6 Å². The fraction of sp³-hybridized carbons (Fsp3) is 0.600. The van der Waals surface area contributed by atoms with Crippen LogP contribution in [0.3, 0.4) is 0 Å². The molecular formula is C15H20F4N2. The zero-order valence-electron chi connectivity index (χ0n) is 11.9. The van der Waals surface area contributed by atoms with E-state index in [2.05, 4.69) is 10.6 Å². The summed E-state index contributed by atoms with van der Waals surface area (Å²) in [5, 5.41) is 6.12. The molecule has 2 atom stereocenters. The van der Waals surface area contributed by atoms with Crippen LogP contribution in [0.25, 0.3) is 0 Å². The van der Waals surface area contributed by atoms with Crippen LogP contribution in [0.4, 0.5) is 23.2 Å². The Bertz CT molecular complexity index is 465. The number of rotatable bonds is 4. The highest BCUT2D eigenvalue weighted by atomic mass is 19.4. The Hall–Kier alpha value is -1.30. The van der Waals surface area contributed by atoms with Gasteiger partial charge in [-0.3, -0.25) is 0 Å². The number of alkyl halides is 4. The average molecular weight is 304 g/mol. The number of nitrogens with one attached hydrogen (secondary N) is 2. The van der Waals surface area contributed by atoms with Gasteiger partial charge in [0.05, 0.1) is 5.56 Å². The van der Waals surface area contributed by atoms with Crippen LogP contribution in [-0.4, -0.2) is 19.1 Å². The molecule has 0 radical (unpaired) electrons. The maximum absolute atomic E-state index is 13.2. The van der Waals surface area contributed by atoms with Crippen molar-refractivity contribution in [3.63, 3.8) is 0 Å². The van der Waals surface area contributed by atoms with Crippen LogP contribution >= 0.6 is 0 Å². The Morgan fingerprint density at radius 1 is 1.33 bits per heavy atom. The molecule has 2 nitrogen and oxygen atoms in total. The number of anilines is 1. The first-order valence-corrected chi connectivity index (χ1v) is 7.20. The van der Waals surface area contributed by atoms with Crippen molar-refractivity contribution in [2.75, 3.05) is 18.4 Å². The predicted octanol–water partition coefficient (Wildman–Crippen LogP) is 4.29. The van der Waals surface area contributed by atoms with E-state index in [4.69, 9.17) is 0 Å². The molecule has 0 aromatic heterocycles. The van der Waals surface area contributed by atoms with Gasteiger partial charge in [0.25, 0.3) is 0 Å². The lowest BCUT2D eigenvalue weighted by Crippen LogP contribution is -2.39. The maximum atomic E-state index is 13.2. The number of piperidine rings is 1. The molecule has 21 heavy (non-hydrogen) atoms. The monoisotopic (exact) mass is 304 g/mol. The summed E-state index contributed by atoms with van der Waals surface area (Å²) in [6.07, 6.45) is -2.77. The van der Waals surface area contributed by atoms with Crippen molar-refractivity contribution >= 4 is 5.69 Å². The summed E-state index contributed by atoms with van der Waals surface area (Å²) >= 11 is 0. The second-order valence-electron chi connectivity index (χ2n) is 5.45. The summed E-state index contributed by atoms with van der Waals surface area (Å²) in [7, 11) is 0. The van der Waals surface area contributed by atoms with Crippen molar-refractivity contribution in [1.82, 2.24) is 5.32 Å². The van der Waals surface area contributed by atoms with Crippen molar-refractivity contribution in [1.29, 1.82) is 0 Å². The van der Waals surface area contributed by atoms with Gasteiger partial charge in [-0.2, -0.15) is 13.2 Å². The van der Waals surface area contributed by atoms with E-state index in [0.29, 0.717) is 6.54 Å². The molecule has 1 aromatic rings. The van der Waals surface area contributed by atoms with Gasteiger partial charge >= 0.3 is 6.18 Å². The van der Waals surface area contributed by atoms with E-state index >= 15 is 0 Å². The quantitative estimate of drug-likeness (QED) is 0.811. The third-order valence-electron chi connectivity index (χ3n) is 3.76. The van der Waals surface area contributed by atoms with Crippen molar-refractivity contribution in [3.8, 4) is 0 Å². The van der Waals surface area contributed by atoms with Crippen LogP contribution in [0.1, 0.15) is 43.5 Å². The van der Waals surface area contributed by atoms with E-state index in [-0.39, 0.29) is 17.3 Å². The molecule has 0 saturated carbocycles. The Kier molecular flexibility index (Phi) is 5.08. The summed E-state index contributed by atoms with van der Waals surface area (Å²) in [6.45, 7) is 2.57. The molecule has 0 amide bonds. The number of halogens is 4. The first-order valence-electron chi connectivity index (χ1n) is 7.20. The minimum absolute atomic E-state index is 0.0132. The lowest BCUT2D eigenvalue weighted by Gasteiger charge is -2.25. The summed E-state index contributed by atoms with van der Waals surface area (Å²) in [5.74, 6) is 0. The predicted molar refractivity (Wildman–Crippen MR) is 75.1 cm³/mol. The maximum Gasteiger partial charge on any atom is 0.418 e. The first-order chi connectivity index (χ1) is 9.88. The van der Waals surface area contributed by atoms with E-state index in [1.807, 2.05) is 0 Å². The molecule has 0 bridgehead atoms. The van der Waals surface area contributed by atoms with Crippen molar-refractivity contribution in [2.24, 2.45) is 0 Å². The van der Waals surface area contributed by atoms with Crippen LogP contribution in [0.2, 0.25) is 0 Å². The average Bonchev–Trinajstić information content (AvgIpc) is 2.45. The molecule has 1 aliphatic heterocycles. The molecule has 1 aliphatic rings. The van der Waals surface area contributed by atoms with E-state index < -0.39 is 17.9 Å². The molecule has 0 aliphatic carbocycles. The lowest BCUT2D eigenvalue weighted by molar-refractivity contribution is -0.137. The van der Waals surface area contributed by atoms with Crippen LogP contribution in [0.15, 0.2) is 18.2 Å². The zero-order chi connectivity index (χ0) is 15.5. The molecule has 0 spiro atoms. The largest absolute Gasteiger partial charge is 0.418 e.